The van der Waals surface area contributed by atoms with E-state index in [1.165, 1.54) is 12.1 Å². The number of aromatic amines is 1. The third kappa shape index (κ3) is 3.24. The van der Waals surface area contributed by atoms with Crippen LogP contribution in [0.2, 0.25) is 0 Å². The van der Waals surface area contributed by atoms with Crippen LogP contribution in [-0.4, -0.2) is 15.2 Å². The van der Waals surface area contributed by atoms with Crippen LogP contribution < -0.4 is 5.73 Å². The largest absolute Gasteiger partial charge is 0.416 e. The van der Waals surface area contributed by atoms with Gasteiger partial charge in [0.05, 0.1) is 11.6 Å². The Bertz CT molecular complexity index is 796. The van der Waals surface area contributed by atoms with E-state index in [2.05, 4.69) is 15.2 Å². The van der Waals surface area contributed by atoms with Crippen molar-refractivity contribution < 1.29 is 13.2 Å². The maximum Gasteiger partial charge on any atom is 0.416 e. The number of nitrogens with zero attached hydrogens (tertiary/aromatic N) is 2. The lowest BCUT2D eigenvalue weighted by Gasteiger charge is -2.08. The van der Waals surface area contributed by atoms with Crippen molar-refractivity contribution in [3.8, 4) is 11.4 Å². The highest BCUT2D eigenvalue weighted by Gasteiger charge is 2.30. The topological polar surface area (TPSA) is 67.6 Å². The molecule has 0 unspecified atom stereocenters. The van der Waals surface area contributed by atoms with E-state index in [4.69, 9.17) is 5.73 Å². The summed E-state index contributed by atoms with van der Waals surface area (Å²) in [6, 6.07) is 13.6. The van der Waals surface area contributed by atoms with Crippen LogP contribution in [0.4, 0.5) is 13.2 Å². The van der Waals surface area contributed by atoms with Crippen LogP contribution in [0.25, 0.3) is 11.4 Å². The molecule has 3 N–H and O–H groups in total. The van der Waals surface area contributed by atoms with Crippen molar-refractivity contribution in [2.45, 2.75) is 12.2 Å². The van der Waals surface area contributed by atoms with Crippen molar-refractivity contribution >= 4 is 0 Å². The van der Waals surface area contributed by atoms with Gasteiger partial charge in [0.1, 0.15) is 5.82 Å². The van der Waals surface area contributed by atoms with Gasteiger partial charge in [0, 0.05) is 5.56 Å². The second-order valence-corrected chi connectivity index (χ2v) is 5.01. The Balaban J connectivity index is 1.91. The molecule has 0 aliphatic heterocycles. The Morgan fingerprint density at radius 3 is 2.43 bits per heavy atom. The molecule has 3 aromatic rings. The van der Waals surface area contributed by atoms with E-state index in [1.807, 2.05) is 30.3 Å². The van der Waals surface area contributed by atoms with Gasteiger partial charge < -0.3 is 5.73 Å². The fraction of sp³-hybridized carbons (Fsp3) is 0.125. The number of benzene rings is 2. The maximum absolute atomic E-state index is 12.8. The summed E-state index contributed by atoms with van der Waals surface area (Å²) >= 11 is 0. The molecule has 23 heavy (non-hydrogen) atoms. The molecule has 0 aliphatic rings. The van der Waals surface area contributed by atoms with Crippen LogP contribution in [0.5, 0.6) is 0 Å². The quantitative estimate of drug-likeness (QED) is 0.776. The monoisotopic (exact) mass is 318 g/mol. The van der Waals surface area contributed by atoms with Gasteiger partial charge in [-0.15, -0.1) is 0 Å². The summed E-state index contributed by atoms with van der Waals surface area (Å²) < 4.78 is 38.3. The molecule has 7 heteroatoms. The van der Waals surface area contributed by atoms with E-state index in [-0.39, 0.29) is 11.4 Å². The number of rotatable bonds is 3. The highest BCUT2D eigenvalue weighted by molar-refractivity contribution is 5.56. The van der Waals surface area contributed by atoms with Crippen molar-refractivity contribution in [3.05, 3.63) is 71.5 Å². The molecular formula is C16H13F3N4. The second kappa shape index (κ2) is 5.85. The number of nitrogens with one attached hydrogen (secondary N) is 1. The summed E-state index contributed by atoms with van der Waals surface area (Å²) in [6.07, 6.45) is -4.41. The molecule has 1 heterocycles. The van der Waals surface area contributed by atoms with Crippen LogP contribution in [0.3, 0.4) is 0 Å². The predicted molar refractivity (Wildman–Crippen MR) is 79.3 cm³/mol. The summed E-state index contributed by atoms with van der Waals surface area (Å²) in [6.45, 7) is 0. The minimum absolute atomic E-state index is 0.178. The Labute approximate surface area is 130 Å². The first-order valence-electron chi connectivity index (χ1n) is 6.85. The fourth-order valence-electron chi connectivity index (χ4n) is 2.20. The van der Waals surface area contributed by atoms with Crippen LogP contribution in [0.15, 0.2) is 54.6 Å². The molecule has 3 rings (SSSR count). The molecule has 1 aromatic heterocycles. The van der Waals surface area contributed by atoms with Crippen molar-refractivity contribution in [2.75, 3.05) is 0 Å². The van der Waals surface area contributed by atoms with Gasteiger partial charge in [0.25, 0.3) is 0 Å². The number of H-pyrrole nitrogens is 1. The smallest absolute Gasteiger partial charge is 0.318 e. The van der Waals surface area contributed by atoms with Crippen molar-refractivity contribution in [3.63, 3.8) is 0 Å². The first kappa shape index (κ1) is 15.2. The zero-order valence-corrected chi connectivity index (χ0v) is 11.9. The highest BCUT2D eigenvalue weighted by atomic mass is 19.4. The summed E-state index contributed by atoms with van der Waals surface area (Å²) in [5, 5.41) is 6.67. The van der Waals surface area contributed by atoms with E-state index < -0.39 is 17.8 Å². The van der Waals surface area contributed by atoms with Crippen molar-refractivity contribution in [2.24, 2.45) is 5.73 Å². The van der Waals surface area contributed by atoms with Crippen LogP contribution in [0.1, 0.15) is 23.0 Å². The summed E-state index contributed by atoms with van der Waals surface area (Å²) in [5.74, 6) is 0.570. The summed E-state index contributed by atoms with van der Waals surface area (Å²) in [5.41, 5.74) is 6.46. The molecule has 0 bridgehead atoms. The average Bonchev–Trinajstić information content (AvgIpc) is 3.04. The molecule has 0 spiro atoms. The van der Waals surface area contributed by atoms with E-state index in [0.29, 0.717) is 5.82 Å². The maximum atomic E-state index is 12.8. The third-order valence-corrected chi connectivity index (χ3v) is 3.40. The first-order valence-corrected chi connectivity index (χ1v) is 6.85. The third-order valence-electron chi connectivity index (χ3n) is 3.40. The lowest BCUT2D eigenvalue weighted by molar-refractivity contribution is -0.137. The van der Waals surface area contributed by atoms with E-state index in [1.54, 1.807) is 0 Å². The zero-order chi connectivity index (χ0) is 16.4. The number of hydrogen-bond acceptors (Lipinski definition) is 3. The lowest BCUT2D eigenvalue weighted by Crippen LogP contribution is -2.13. The van der Waals surface area contributed by atoms with Gasteiger partial charge in [0.2, 0.25) is 0 Å². The van der Waals surface area contributed by atoms with Gasteiger partial charge in [0.15, 0.2) is 5.82 Å². The Kier molecular flexibility index (Phi) is 3.87. The van der Waals surface area contributed by atoms with Gasteiger partial charge in [-0.3, -0.25) is 5.10 Å². The second-order valence-electron chi connectivity index (χ2n) is 5.01. The summed E-state index contributed by atoms with van der Waals surface area (Å²) in [7, 11) is 0. The molecule has 0 fully saturated rings. The molecule has 4 nitrogen and oxygen atoms in total. The lowest BCUT2D eigenvalue weighted by atomic mass is 10.1. The van der Waals surface area contributed by atoms with Gasteiger partial charge >= 0.3 is 6.18 Å². The SMILES string of the molecule is N[C@H](c1ccccc1)c1nc(-c2cccc(C(F)(F)F)c2)n[nH]1. The van der Waals surface area contributed by atoms with E-state index >= 15 is 0 Å². The molecule has 0 saturated heterocycles. The van der Waals surface area contributed by atoms with Gasteiger partial charge in [-0.1, -0.05) is 42.5 Å². The molecule has 2 aromatic carbocycles. The Hall–Kier alpha value is -2.67. The molecule has 0 amide bonds. The zero-order valence-electron chi connectivity index (χ0n) is 11.9. The molecular weight excluding hydrogens is 305 g/mol. The van der Waals surface area contributed by atoms with Crippen LogP contribution in [-0.2, 0) is 6.18 Å². The standard InChI is InChI=1S/C16H13F3N4/c17-16(18,19)12-8-4-7-11(9-12)14-21-15(23-22-14)13(20)10-5-2-1-3-6-10/h1-9,13H,20H2,(H,21,22,23)/t13-/m1/s1. The number of alkyl halides is 3. The van der Waals surface area contributed by atoms with E-state index in [9.17, 15) is 13.2 Å². The highest BCUT2D eigenvalue weighted by Crippen LogP contribution is 2.31. The van der Waals surface area contributed by atoms with Crippen molar-refractivity contribution in [1.82, 2.24) is 15.2 Å². The van der Waals surface area contributed by atoms with Gasteiger partial charge in [-0.2, -0.15) is 18.3 Å². The fourth-order valence-corrected chi connectivity index (χ4v) is 2.20. The number of aromatic nitrogens is 3. The van der Waals surface area contributed by atoms with Gasteiger partial charge in [-0.25, -0.2) is 4.98 Å². The molecule has 118 valence electrons. The Morgan fingerprint density at radius 1 is 1.00 bits per heavy atom. The number of nitrogens with two attached hydrogens (primary N) is 1. The van der Waals surface area contributed by atoms with Gasteiger partial charge in [-0.05, 0) is 17.7 Å². The Morgan fingerprint density at radius 2 is 1.74 bits per heavy atom. The predicted octanol–water partition coefficient (Wildman–Crippen LogP) is 3.54. The molecule has 0 saturated carbocycles. The first-order chi connectivity index (χ1) is 10.9. The number of hydrogen-bond donors (Lipinski definition) is 2. The van der Waals surface area contributed by atoms with Crippen LogP contribution >= 0.6 is 0 Å². The molecule has 0 radical (unpaired) electrons. The minimum Gasteiger partial charge on any atom is -0.318 e. The summed E-state index contributed by atoms with van der Waals surface area (Å²) in [4.78, 5) is 4.22. The normalized spacial score (nSPS) is 13.0. The number of halogens is 3. The molecule has 0 aliphatic carbocycles. The molecule has 1 atom stereocenters. The minimum atomic E-state index is -4.41. The average molecular weight is 318 g/mol. The van der Waals surface area contributed by atoms with Crippen molar-refractivity contribution in [1.29, 1.82) is 0 Å². The van der Waals surface area contributed by atoms with Crippen LogP contribution in [0, 0.1) is 0 Å². The van der Waals surface area contributed by atoms with E-state index in [0.717, 1.165) is 17.7 Å².